The Labute approximate surface area is 181 Å². The van der Waals surface area contributed by atoms with Crippen molar-refractivity contribution in [1.29, 1.82) is 0 Å². The summed E-state index contributed by atoms with van der Waals surface area (Å²) in [4.78, 5) is 17.3. The number of nitrogens with zero attached hydrogens (tertiary/aromatic N) is 4. The molecule has 1 saturated carbocycles. The Kier molecular flexibility index (Phi) is 4.76. The largest absolute Gasteiger partial charge is 0.433 e. The number of hydrogen-bond acceptors (Lipinski definition) is 3. The Morgan fingerprint density at radius 1 is 1.16 bits per heavy atom. The lowest BCUT2D eigenvalue weighted by molar-refractivity contribution is -0.142. The van der Waals surface area contributed by atoms with Crippen molar-refractivity contribution in [1.82, 2.24) is 24.5 Å². The first kappa shape index (κ1) is 20.3. The van der Waals surface area contributed by atoms with Crippen molar-refractivity contribution in [3.8, 4) is 5.69 Å². The molecule has 0 spiro atoms. The lowest BCUT2D eigenvalue weighted by atomic mass is 10.1. The molecule has 1 fully saturated rings. The molecular formula is C23H20F3N5O. The van der Waals surface area contributed by atoms with Crippen molar-refractivity contribution in [2.75, 3.05) is 0 Å². The Hall–Kier alpha value is -3.62. The van der Waals surface area contributed by atoms with E-state index in [2.05, 4.69) is 15.4 Å². The molecular weight excluding hydrogens is 419 g/mol. The maximum atomic E-state index is 13.6. The minimum Gasteiger partial charge on any atom is -0.345 e. The van der Waals surface area contributed by atoms with Gasteiger partial charge in [0.25, 0.3) is 5.91 Å². The summed E-state index contributed by atoms with van der Waals surface area (Å²) >= 11 is 0. The summed E-state index contributed by atoms with van der Waals surface area (Å²) in [5, 5.41) is 6.69. The van der Waals surface area contributed by atoms with E-state index in [0.29, 0.717) is 10.2 Å². The lowest BCUT2D eigenvalue weighted by Crippen LogP contribution is -2.27. The molecule has 0 aliphatic heterocycles. The van der Waals surface area contributed by atoms with E-state index in [4.69, 9.17) is 0 Å². The number of nitrogens with one attached hydrogen (secondary N) is 1. The molecule has 1 N–H and O–H groups in total. The molecule has 32 heavy (non-hydrogen) atoms. The first-order valence-electron chi connectivity index (χ1n) is 10.3. The Bertz CT molecular complexity index is 1290. The van der Waals surface area contributed by atoms with Crippen LogP contribution < -0.4 is 5.32 Å². The van der Waals surface area contributed by atoms with Crippen LogP contribution in [-0.2, 0) is 6.18 Å². The SMILES string of the molecule is CC(NC(=O)c1cnn2c(C(F)(F)F)cc(C3CC3)nc12)c1cccc(-n2cccc2)c1. The van der Waals surface area contributed by atoms with E-state index in [1.54, 1.807) is 0 Å². The number of carbonyl (C=O) groups is 1. The van der Waals surface area contributed by atoms with Crippen molar-refractivity contribution in [3.63, 3.8) is 0 Å². The molecule has 5 rings (SSSR count). The molecule has 9 heteroatoms. The molecule has 0 radical (unpaired) electrons. The molecule has 1 aromatic carbocycles. The third kappa shape index (κ3) is 3.74. The fraction of sp³-hybridized carbons (Fsp3) is 0.261. The number of aromatic nitrogens is 4. The molecule has 6 nitrogen and oxygen atoms in total. The zero-order valence-corrected chi connectivity index (χ0v) is 17.2. The predicted molar refractivity (Wildman–Crippen MR) is 112 cm³/mol. The van der Waals surface area contributed by atoms with Crippen LogP contribution >= 0.6 is 0 Å². The Morgan fingerprint density at radius 2 is 1.91 bits per heavy atom. The van der Waals surface area contributed by atoms with Crippen LogP contribution in [0, 0.1) is 0 Å². The summed E-state index contributed by atoms with van der Waals surface area (Å²) in [6, 6.07) is 12.2. The van der Waals surface area contributed by atoms with Crippen molar-refractivity contribution < 1.29 is 18.0 Å². The van der Waals surface area contributed by atoms with Gasteiger partial charge in [-0.2, -0.15) is 18.3 Å². The van der Waals surface area contributed by atoms with Gasteiger partial charge in [-0.05, 0) is 55.7 Å². The third-order valence-corrected chi connectivity index (χ3v) is 5.64. The van der Waals surface area contributed by atoms with Gasteiger partial charge in [0.15, 0.2) is 5.65 Å². The second-order valence-electron chi connectivity index (χ2n) is 8.01. The zero-order chi connectivity index (χ0) is 22.5. The minimum absolute atomic E-state index is 0.00209. The van der Waals surface area contributed by atoms with Gasteiger partial charge in [0.05, 0.1) is 12.2 Å². The van der Waals surface area contributed by atoms with Gasteiger partial charge in [-0.3, -0.25) is 4.79 Å². The first-order valence-corrected chi connectivity index (χ1v) is 10.3. The van der Waals surface area contributed by atoms with Gasteiger partial charge >= 0.3 is 6.18 Å². The number of amides is 1. The molecule has 1 amide bonds. The summed E-state index contributed by atoms with van der Waals surface area (Å²) in [6.07, 6.45) is 1.98. The number of carbonyl (C=O) groups excluding carboxylic acids is 1. The average molecular weight is 439 g/mol. The molecule has 1 atom stereocenters. The molecule has 4 aromatic rings. The zero-order valence-electron chi connectivity index (χ0n) is 17.2. The van der Waals surface area contributed by atoms with E-state index in [0.717, 1.165) is 36.4 Å². The number of rotatable bonds is 5. The van der Waals surface area contributed by atoms with E-state index < -0.39 is 17.8 Å². The van der Waals surface area contributed by atoms with Crippen molar-refractivity contribution in [2.45, 2.75) is 37.9 Å². The van der Waals surface area contributed by atoms with Gasteiger partial charge in [-0.1, -0.05) is 12.1 Å². The van der Waals surface area contributed by atoms with Crippen molar-refractivity contribution >= 4 is 11.6 Å². The quantitative estimate of drug-likeness (QED) is 0.481. The van der Waals surface area contributed by atoms with Gasteiger partial charge in [0.2, 0.25) is 0 Å². The summed E-state index contributed by atoms with van der Waals surface area (Å²) in [5.74, 6) is -0.519. The van der Waals surface area contributed by atoms with Gasteiger partial charge in [0.1, 0.15) is 11.3 Å². The fourth-order valence-electron chi connectivity index (χ4n) is 3.75. The number of alkyl halides is 3. The fourth-order valence-corrected chi connectivity index (χ4v) is 3.75. The topological polar surface area (TPSA) is 64.2 Å². The molecule has 164 valence electrons. The molecule has 0 bridgehead atoms. The smallest absolute Gasteiger partial charge is 0.345 e. The maximum Gasteiger partial charge on any atom is 0.433 e. The van der Waals surface area contributed by atoms with Crippen LogP contribution in [-0.4, -0.2) is 25.1 Å². The second-order valence-corrected chi connectivity index (χ2v) is 8.01. The van der Waals surface area contributed by atoms with Crippen LogP contribution in [0.4, 0.5) is 13.2 Å². The van der Waals surface area contributed by atoms with Gasteiger partial charge in [-0.25, -0.2) is 9.50 Å². The van der Waals surface area contributed by atoms with Crippen molar-refractivity contribution in [3.05, 3.63) is 83.6 Å². The monoisotopic (exact) mass is 439 g/mol. The highest BCUT2D eigenvalue weighted by atomic mass is 19.4. The number of halogens is 3. The highest BCUT2D eigenvalue weighted by Crippen LogP contribution is 2.41. The predicted octanol–water partition coefficient (Wildman–Crippen LogP) is 4.91. The highest BCUT2D eigenvalue weighted by molar-refractivity contribution is 5.99. The third-order valence-electron chi connectivity index (χ3n) is 5.64. The number of fused-ring (bicyclic) bond motifs is 1. The summed E-state index contributed by atoms with van der Waals surface area (Å²) in [5.41, 5.74) is 1.18. The lowest BCUT2D eigenvalue weighted by Gasteiger charge is -2.16. The van der Waals surface area contributed by atoms with E-state index in [9.17, 15) is 18.0 Å². The molecule has 3 aromatic heterocycles. The summed E-state index contributed by atoms with van der Waals surface area (Å²) in [6.45, 7) is 1.82. The minimum atomic E-state index is -4.60. The molecule has 0 saturated heterocycles. The van der Waals surface area contributed by atoms with Gasteiger partial charge < -0.3 is 9.88 Å². The molecule has 1 aliphatic rings. The highest BCUT2D eigenvalue weighted by Gasteiger charge is 2.38. The van der Waals surface area contributed by atoms with E-state index in [1.165, 1.54) is 0 Å². The van der Waals surface area contributed by atoms with Crippen LogP contribution in [0.25, 0.3) is 11.3 Å². The van der Waals surface area contributed by atoms with Crippen LogP contribution in [0.15, 0.2) is 61.1 Å². The van der Waals surface area contributed by atoms with Crippen LogP contribution in [0.2, 0.25) is 0 Å². The second kappa shape index (κ2) is 7.51. The number of benzene rings is 1. The van der Waals surface area contributed by atoms with E-state index >= 15 is 0 Å². The van der Waals surface area contributed by atoms with Crippen LogP contribution in [0.5, 0.6) is 0 Å². The standard InChI is InChI=1S/C23H20F3N5O/c1-14(16-5-4-6-17(11-16)30-9-2-3-10-30)28-22(32)18-13-27-31-20(23(24,25)26)12-19(15-7-8-15)29-21(18)31/h2-6,9-15H,7-8H2,1H3,(H,28,32). The Morgan fingerprint density at radius 3 is 2.59 bits per heavy atom. The van der Waals surface area contributed by atoms with Crippen LogP contribution in [0.1, 0.15) is 59.0 Å². The average Bonchev–Trinajstić information content (AvgIpc) is 3.29. The van der Waals surface area contributed by atoms with E-state index in [1.807, 2.05) is 60.3 Å². The van der Waals surface area contributed by atoms with E-state index in [-0.39, 0.29) is 23.2 Å². The van der Waals surface area contributed by atoms with Crippen molar-refractivity contribution in [2.24, 2.45) is 0 Å². The van der Waals surface area contributed by atoms with Crippen LogP contribution in [0.3, 0.4) is 0 Å². The molecule has 1 aliphatic carbocycles. The summed E-state index contributed by atoms with van der Waals surface area (Å²) in [7, 11) is 0. The first-order chi connectivity index (χ1) is 15.3. The molecule has 1 unspecified atom stereocenters. The van der Waals surface area contributed by atoms with Gasteiger partial charge in [-0.15, -0.1) is 0 Å². The Balaban J connectivity index is 1.45. The maximum absolute atomic E-state index is 13.6. The van der Waals surface area contributed by atoms with Gasteiger partial charge in [0, 0.05) is 29.7 Å². The normalized spacial score (nSPS) is 15.1. The number of hydrogen-bond donors (Lipinski definition) is 1. The molecule has 3 heterocycles. The summed E-state index contributed by atoms with van der Waals surface area (Å²) < 4.78 is 43.4.